The summed E-state index contributed by atoms with van der Waals surface area (Å²) < 4.78 is 24.7. The van der Waals surface area contributed by atoms with Crippen LogP contribution in [0, 0.1) is 5.82 Å². The molecule has 0 N–H and O–H groups in total. The number of halogens is 2. The molecule has 96 valence electrons. The van der Waals surface area contributed by atoms with Crippen molar-refractivity contribution in [3.8, 4) is 0 Å². The van der Waals surface area contributed by atoms with Crippen LogP contribution >= 0.6 is 15.9 Å². The molecule has 0 radical (unpaired) electrons. The lowest BCUT2D eigenvalue weighted by atomic mass is 9.97. The highest BCUT2D eigenvalue weighted by Gasteiger charge is 2.31. The summed E-state index contributed by atoms with van der Waals surface area (Å²) in [7, 11) is 1.62. The van der Waals surface area contributed by atoms with Crippen molar-refractivity contribution in [1.82, 2.24) is 0 Å². The van der Waals surface area contributed by atoms with E-state index in [9.17, 15) is 4.39 Å². The van der Waals surface area contributed by atoms with E-state index >= 15 is 0 Å². The van der Waals surface area contributed by atoms with Gasteiger partial charge in [0.25, 0.3) is 0 Å². The van der Waals surface area contributed by atoms with E-state index in [4.69, 9.17) is 9.47 Å². The maximum absolute atomic E-state index is 13.8. The third kappa shape index (κ3) is 3.76. The lowest BCUT2D eigenvalue weighted by Gasteiger charge is -2.32. The van der Waals surface area contributed by atoms with E-state index in [-0.39, 0.29) is 11.9 Å². The van der Waals surface area contributed by atoms with Crippen LogP contribution in [0.15, 0.2) is 24.3 Å². The zero-order valence-electron chi connectivity index (χ0n) is 10.4. The standard InChI is InChI=1S/C13H18BrFO2/c1-10(8-16-3)17-13(2,9-14)11-6-4-5-7-12(11)15/h4-7,10H,8-9H2,1-3H3. The van der Waals surface area contributed by atoms with Crippen molar-refractivity contribution in [2.45, 2.75) is 25.6 Å². The van der Waals surface area contributed by atoms with Gasteiger partial charge in [0.15, 0.2) is 0 Å². The lowest BCUT2D eigenvalue weighted by Crippen LogP contribution is -2.34. The minimum absolute atomic E-state index is 0.0952. The van der Waals surface area contributed by atoms with Gasteiger partial charge in [-0.25, -0.2) is 4.39 Å². The van der Waals surface area contributed by atoms with E-state index in [1.807, 2.05) is 19.9 Å². The summed E-state index contributed by atoms with van der Waals surface area (Å²) in [6.07, 6.45) is -0.0952. The molecule has 0 fully saturated rings. The molecule has 0 amide bonds. The van der Waals surface area contributed by atoms with E-state index < -0.39 is 5.60 Å². The van der Waals surface area contributed by atoms with Crippen LogP contribution < -0.4 is 0 Å². The smallest absolute Gasteiger partial charge is 0.129 e. The van der Waals surface area contributed by atoms with Crippen LogP contribution in [-0.2, 0) is 15.1 Å². The quantitative estimate of drug-likeness (QED) is 0.749. The Morgan fingerprint density at radius 1 is 1.41 bits per heavy atom. The van der Waals surface area contributed by atoms with Gasteiger partial charge in [0.1, 0.15) is 11.4 Å². The zero-order chi connectivity index (χ0) is 12.9. The second-order valence-corrected chi connectivity index (χ2v) is 4.79. The first-order valence-corrected chi connectivity index (χ1v) is 6.63. The van der Waals surface area contributed by atoms with E-state index in [1.165, 1.54) is 6.07 Å². The van der Waals surface area contributed by atoms with Crippen LogP contribution in [0.2, 0.25) is 0 Å². The third-order valence-corrected chi connectivity index (χ3v) is 3.63. The average molecular weight is 305 g/mol. The van der Waals surface area contributed by atoms with Gasteiger partial charge in [0.05, 0.1) is 12.7 Å². The summed E-state index contributed by atoms with van der Waals surface area (Å²) in [6, 6.07) is 6.67. The van der Waals surface area contributed by atoms with Crippen LogP contribution in [0.1, 0.15) is 19.4 Å². The van der Waals surface area contributed by atoms with Gasteiger partial charge in [-0.3, -0.25) is 0 Å². The number of alkyl halides is 1. The predicted octanol–water partition coefficient (Wildman–Crippen LogP) is 3.49. The van der Waals surface area contributed by atoms with Gasteiger partial charge in [0.2, 0.25) is 0 Å². The van der Waals surface area contributed by atoms with E-state index in [0.717, 1.165) is 0 Å². The number of methoxy groups -OCH3 is 1. The van der Waals surface area contributed by atoms with E-state index in [2.05, 4.69) is 15.9 Å². The molecule has 0 saturated heterocycles. The summed E-state index contributed by atoms with van der Waals surface area (Å²) >= 11 is 3.39. The fourth-order valence-corrected chi connectivity index (χ4v) is 2.20. The second-order valence-electron chi connectivity index (χ2n) is 4.23. The van der Waals surface area contributed by atoms with Crippen LogP contribution in [0.5, 0.6) is 0 Å². The first kappa shape index (κ1) is 14.6. The van der Waals surface area contributed by atoms with Crippen molar-refractivity contribution in [1.29, 1.82) is 0 Å². The van der Waals surface area contributed by atoms with Gasteiger partial charge in [-0.05, 0) is 19.9 Å². The SMILES string of the molecule is COCC(C)OC(C)(CBr)c1ccccc1F. The first-order valence-electron chi connectivity index (χ1n) is 5.51. The van der Waals surface area contributed by atoms with Crippen LogP contribution in [0.4, 0.5) is 4.39 Å². The molecule has 0 aromatic heterocycles. The van der Waals surface area contributed by atoms with Crippen LogP contribution in [0.25, 0.3) is 0 Å². The Labute approximate surface area is 110 Å². The largest absolute Gasteiger partial charge is 0.382 e. The van der Waals surface area contributed by atoms with Crippen LogP contribution in [-0.4, -0.2) is 25.2 Å². The molecule has 2 unspecified atom stereocenters. The van der Waals surface area contributed by atoms with Gasteiger partial charge < -0.3 is 9.47 Å². The highest BCUT2D eigenvalue weighted by atomic mass is 79.9. The summed E-state index contributed by atoms with van der Waals surface area (Å²) in [6.45, 7) is 4.26. The Morgan fingerprint density at radius 2 is 2.06 bits per heavy atom. The zero-order valence-corrected chi connectivity index (χ0v) is 12.0. The normalized spacial score (nSPS) is 16.5. The molecular formula is C13H18BrFO2. The van der Waals surface area contributed by atoms with Crippen molar-refractivity contribution in [3.63, 3.8) is 0 Å². The van der Waals surface area contributed by atoms with Gasteiger partial charge in [-0.1, -0.05) is 34.1 Å². The molecule has 0 heterocycles. The molecule has 2 atom stereocenters. The van der Waals surface area contributed by atoms with E-state index in [0.29, 0.717) is 17.5 Å². The summed E-state index contributed by atoms with van der Waals surface area (Å²) in [5.74, 6) is -0.251. The van der Waals surface area contributed by atoms with Crippen molar-refractivity contribution in [3.05, 3.63) is 35.6 Å². The molecule has 1 rings (SSSR count). The molecular weight excluding hydrogens is 287 g/mol. The molecule has 0 bridgehead atoms. The summed E-state index contributed by atoms with van der Waals surface area (Å²) in [4.78, 5) is 0. The Balaban J connectivity index is 2.92. The van der Waals surface area contributed by atoms with Gasteiger partial charge in [-0.2, -0.15) is 0 Å². The monoisotopic (exact) mass is 304 g/mol. The maximum atomic E-state index is 13.8. The highest BCUT2D eigenvalue weighted by molar-refractivity contribution is 9.09. The number of ether oxygens (including phenoxy) is 2. The molecule has 0 aliphatic heterocycles. The predicted molar refractivity (Wildman–Crippen MR) is 70.0 cm³/mol. The maximum Gasteiger partial charge on any atom is 0.129 e. The van der Waals surface area contributed by atoms with Crippen molar-refractivity contribution in [2.24, 2.45) is 0 Å². The fraction of sp³-hybridized carbons (Fsp3) is 0.538. The highest BCUT2D eigenvalue weighted by Crippen LogP contribution is 2.30. The lowest BCUT2D eigenvalue weighted by molar-refractivity contribution is -0.0899. The Morgan fingerprint density at radius 3 is 2.59 bits per heavy atom. The van der Waals surface area contributed by atoms with Crippen molar-refractivity contribution < 1.29 is 13.9 Å². The number of hydrogen-bond acceptors (Lipinski definition) is 2. The Hall–Kier alpha value is -0.450. The Bertz CT molecular complexity index is 359. The van der Waals surface area contributed by atoms with Gasteiger partial charge in [-0.15, -0.1) is 0 Å². The molecule has 1 aromatic carbocycles. The minimum Gasteiger partial charge on any atom is -0.382 e. The van der Waals surface area contributed by atoms with E-state index in [1.54, 1.807) is 19.2 Å². The molecule has 4 heteroatoms. The number of benzene rings is 1. The molecule has 2 nitrogen and oxygen atoms in total. The second kappa shape index (κ2) is 6.47. The molecule has 1 aromatic rings. The average Bonchev–Trinajstić information content (AvgIpc) is 2.29. The Kier molecular flexibility index (Phi) is 5.56. The number of rotatable bonds is 6. The first-order chi connectivity index (χ1) is 8.03. The van der Waals surface area contributed by atoms with Crippen molar-refractivity contribution >= 4 is 15.9 Å². The molecule has 0 aliphatic rings. The van der Waals surface area contributed by atoms with Gasteiger partial charge >= 0.3 is 0 Å². The molecule has 0 spiro atoms. The summed E-state index contributed by atoms with van der Waals surface area (Å²) in [5, 5.41) is 0.523. The fourth-order valence-electron chi connectivity index (χ4n) is 1.77. The minimum atomic E-state index is -0.691. The molecule has 0 saturated carbocycles. The van der Waals surface area contributed by atoms with Crippen molar-refractivity contribution in [2.75, 3.05) is 19.0 Å². The number of hydrogen-bond donors (Lipinski definition) is 0. The third-order valence-electron chi connectivity index (χ3n) is 2.56. The van der Waals surface area contributed by atoms with Crippen LogP contribution in [0.3, 0.4) is 0 Å². The van der Waals surface area contributed by atoms with Gasteiger partial charge in [0, 0.05) is 18.0 Å². The summed E-state index contributed by atoms with van der Waals surface area (Å²) in [5.41, 5.74) is -0.136. The molecule has 0 aliphatic carbocycles. The molecule has 17 heavy (non-hydrogen) atoms. The topological polar surface area (TPSA) is 18.5 Å².